The van der Waals surface area contributed by atoms with E-state index in [4.69, 9.17) is 16.3 Å². The van der Waals surface area contributed by atoms with E-state index in [1.165, 1.54) is 0 Å². The monoisotopic (exact) mass is 381 g/mol. The molecule has 1 amide bonds. The third-order valence-corrected chi connectivity index (χ3v) is 4.38. The van der Waals surface area contributed by atoms with Crippen LogP contribution < -0.4 is 10.1 Å². The highest BCUT2D eigenvalue weighted by atomic mass is 79.9. The predicted molar refractivity (Wildman–Crippen MR) is 92.7 cm³/mol. The molecule has 3 nitrogen and oxygen atoms in total. The van der Waals surface area contributed by atoms with Crippen LogP contribution in [-0.2, 0) is 17.8 Å². The molecule has 5 heteroatoms. The number of nitrogens with one attached hydrogen (secondary N) is 1. The average Bonchev–Trinajstić information content (AvgIpc) is 2.55. The Bertz CT molecular complexity index is 631. The topological polar surface area (TPSA) is 38.3 Å². The molecular weight excluding hydrogens is 366 g/mol. The van der Waals surface area contributed by atoms with E-state index < -0.39 is 0 Å². The zero-order valence-corrected chi connectivity index (χ0v) is 14.5. The van der Waals surface area contributed by atoms with Gasteiger partial charge in [-0.25, -0.2) is 0 Å². The van der Waals surface area contributed by atoms with Crippen molar-refractivity contribution in [1.29, 1.82) is 0 Å². The van der Waals surface area contributed by atoms with Crippen molar-refractivity contribution in [2.75, 3.05) is 7.11 Å². The number of carbonyl (C=O) groups excluding carboxylic acids is 1. The number of benzene rings is 2. The summed E-state index contributed by atoms with van der Waals surface area (Å²) in [5.41, 5.74) is 1.97. The summed E-state index contributed by atoms with van der Waals surface area (Å²) >= 11 is 9.53. The Kier molecular flexibility index (Phi) is 6.28. The molecule has 0 fully saturated rings. The van der Waals surface area contributed by atoms with Crippen molar-refractivity contribution in [3.63, 3.8) is 0 Å². The summed E-state index contributed by atoms with van der Waals surface area (Å²) in [6, 6.07) is 15.1. The first-order chi connectivity index (χ1) is 10.6. The van der Waals surface area contributed by atoms with E-state index in [-0.39, 0.29) is 10.7 Å². The van der Waals surface area contributed by atoms with E-state index in [1.54, 1.807) is 7.11 Å². The number of carbonyl (C=O) groups is 1. The van der Waals surface area contributed by atoms with Crippen molar-refractivity contribution in [3.05, 3.63) is 64.7 Å². The van der Waals surface area contributed by atoms with Crippen molar-refractivity contribution >= 4 is 33.4 Å². The second-order valence-corrected chi connectivity index (χ2v) is 6.34. The van der Waals surface area contributed by atoms with Crippen molar-refractivity contribution in [2.45, 2.75) is 17.8 Å². The fraction of sp³-hybridized carbons (Fsp3) is 0.235. The molecule has 1 N–H and O–H groups in total. The molecule has 0 heterocycles. The van der Waals surface area contributed by atoms with Gasteiger partial charge in [-0.05, 0) is 35.7 Å². The predicted octanol–water partition coefficient (Wildman–Crippen LogP) is 3.97. The van der Waals surface area contributed by atoms with Crippen LogP contribution in [0.15, 0.2) is 48.5 Å². The number of rotatable bonds is 6. The molecule has 1 unspecified atom stereocenters. The summed E-state index contributed by atoms with van der Waals surface area (Å²) in [5, 5.41) is 3.58. The maximum Gasteiger partial charge on any atom is 0.234 e. The van der Waals surface area contributed by atoms with E-state index in [0.29, 0.717) is 18.0 Å². The lowest BCUT2D eigenvalue weighted by molar-refractivity contribution is -0.120. The van der Waals surface area contributed by atoms with Crippen molar-refractivity contribution in [1.82, 2.24) is 5.32 Å². The molecular formula is C17H17BrClNO2. The highest BCUT2D eigenvalue weighted by Crippen LogP contribution is 2.19. The molecule has 2 aromatic carbocycles. The molecule has 0 bridgehead atoms. The first-order valence-electron chi connectivity index (χ1n) is 6.88. The Morgan fingerprint density at radius 1 is 1.23 bits per heavy atom. The number of alkyl halides is 1. The summed E-state index contributed by atoms with van der Waals surface area (Å²) in [6.45, 7) is 0.480. The first kappa shape index (κ1) is 16.8. The third-order valence-electron chi connectivity index (χ3n) is 3.27. The van der Waals surface area contributed by atoms with E-state index in [2.05, 4.69) is 21.2 Å². The van der Waals surface area contributed by atoms with E-state index in [0.717, 1.165) is 16.9 Å². The molecule has 0 aromatic heterocycles. The van der Waals surface area contributed by atoms with E-state index in [1.807, 2.05) is 48.5 Å². The number of halogens is 2. The molecule has 2 aromatic rings. The normalized spacial score (nSPS) is 11.8. The maximum absolute atomic E-state index is 12.1. The number of methoxy groups -OCH3 is 1. The molecule has 0 spiro atoms. The van der Waals surface area contributed by atoms with Gasteiger partial charge in [-0.15, -0.1) is 0 Å². The molecule has 0 saturated heterocycles. The summed E-state index contributed by atoms with van der Waals surface area (Å²) in [4.78, 5) is 11.8. The number of amides is 1. The Labute approximate surface area is 143 Å². The van der Waals surface area contributed by atoms with Crippen LogP contribution in [-0.4, -0.2) is 17.8 Å². The van der Waals surface area contributed by atoms with E-state index >= 15 is 0 Å². The Hall–Kier alpha value is -1.52. The van der Waals surface area contributed by atoms with Gasteiger partial charge in [0, 0.05) is 11.6 Å². The molecule has 0 radical (unpaired) electrons. The zero-order valence-electron chi connectivity index (χ0n) is 12.2. The lowest BCUT2D eigenvalue weighted by atomic mass is 10.1. The summed E-state index contributed by atoms with van der Waals surface area (Å²) in [5.74, 6) is 0.739. The molecule has 22 heavy (non-hydrogen) atoms. The Morgan fingerprint density at radius 2 is 1.91 bits per heavy atom. The fourth-order valence-electron chi connectivity index (χ4n) is 1.99. The highest BCUT2D eigenvalue weighted by Gasteiger charge is 2.16. The van der Waals surface area contributed by atoms with E-state index in [9.17, 15) is 4.79 Å². The molecule has 1 atom stereocenters. The van der Waals surface area contributed by atoms with Crippen LogP contribution >= 0.6 is 27.5 Å². The fourth-order valence-corrected chi connectivity index (χ4v) is 2.72. The maximum atomic E-state index is 12.1. The molecule has 0 aliphatic rings. The Morgan fingerprint density at radius 3 is 2.55 bits per heavy atom. The van der Waals surface area contributed by atoms with Crippen LogP contribution in [0.3, 0.4) is 0 Å². The molecule has 116 valence electrons. The van der Waals surface area contributed by atoms with Gasteiger partial charge in [0.05, 0.1) is 11.9 Å². The van der Waals surface area contributed by atoms with Crippen LogP contribution in [0.1, 0.15) is 11.1 Å². The summed E-state index contributed by atoms with van der Waals surface area (Å²) in [7, 11) is 1.63. The standard InChI is InChI=1S/C17H17BrClNO2/c1-22-14-8-6-12(7-9-14)11-20-17(21)15(18)10-13-4-2-3-5-16(13)19/h2-9,15H,10-11H2,1H3,(H,20,21). The van der Waals surface area contributed by atoms with Gasteiger partial charge in [0.15, 0.2) is 0 Å². The van der Waals surface area contributed by atoms with Crippen molar-refractivity contribution in [3.8, 4) is 5.75 Å². The average molecular weight is 383 g/mol. The van der Waals surface area contributed by atoms with Gasteiger partial charge in [-0.2, -0.15) is 0 Å². The van der Waals surface area contributed by atoms with Crippen LogP contribution in [0, 0.1) is 0 Å². The molecule has 0 saturated carbocycles. The lowest BCUT2D eigenvalue weighted by Gasteiger charge is -2.12. The lowest BCUT2D eigenvalue weighted by Crippen LogP contribution is -2.31. The number of hydrogen-bond acceptors (Lipinski definition) is 2. The van der Waals surface area contributed by atoms with Crippen molar-refractivity contribution in [2.24, 2.45) is 0 Å². The van der Waals surface area contributed by atoms with Gasteiger partial charge < -0.3 is 10.1 Å². The van der Waals surface area contributed by atoms with Gasteiger partial charge in [-0.3, -0.25) is 4.79 Å². The van der Waals surface area contributed by atoms with Crippen LogP contribution in [0.5, 0.6) is 5.75 Å². The van der Waals surface area contributed by atoms with Crippen molar-refractivity contribution < 1.29 is 9.53 Å². The van der Waals surface area contributed by atoms with Crippen LogP contribution in [0.2, 0.25) is 5.02 Å². The third kappa shape index (κ3) is 4.75. The van der Waals surface area contributed by atoms with Gasteiger partial charge in [-0.1, -0.05) is 57.9 Å². The summed E-state index contributed by atoms with van der Waals surface area (Å²) < 4.78 is 5.10. The smallest absolute Gasteiger partial charge is 0.234 e. The second-order valence-electron chi connectivity index (χ2n) is 4.83. The molecule has 0 aliphatic carbocycles. The number of hydrogen-bond donors (Lipinski definition) is 1. The minimum atomic E-state index is -0.314. The SMILES string of the molecule is COc1ccc(CNC(=O)C(Br)Cc2ccccc2Cl)cc1. The minimum absolute atomic E-state index is 0.0595. The summed E-state index contributed by atoms with van der Waals surface area (Å²) in [6.07, 6.45) is 0.550. The largest absolute Gasteiger partial charge is 0.497 e. The van der Waals surface area contributed by atoms with Gasteiger partial charge in [0.1, 0.15) is 5.75 Å². The van der Waals surface area contributed by atoms with Gasteiger partial charge >= 0.3 is 0 Å². The van der Waals surface area contributed by atoms with Gasteiger partial charge in [0.2, 0.25) is 5.91 Å². The molecule has 2 rings (SSSR count). The van der Waals surface area contributed by atoms with Gasteiger partial charge in [0.25, 0.3) is 0 Å². The number of ether oxygens (including phenoxy) is 1. The Balaban J connectivity index is 1.87. The van der Waals surface area contributed by atoms with Crippen LogP contribution in [0.4, 0.5) is 0 Å². The molecule has 0 aliphatic heterocycles. The second kappa shape index (κ2) is 8.20. The quantitative estimate of drug-likeness (QED) is 0.768. The minimum Gasteiger partial charge on any atom is -0.497 e. The zero-order chi connectivity index (χ0) is 15.9. The van der Waals surface area contributed by atoms with Crippen LogP contribution in [0.25, 0.3) is 0 Å². The first-order valence-corrected chi connectivity index (χ1v) is 8.17. The highest BCUT2D eigenvalue weighted by molar-refractivity contribution is 9.10.